The van der Waals surface area contributed by atoms with Gasteiger partial charge in [-0.3, -0.25) is 9.59 Å². The van der Waals surface area contributed by atoms with E-state index in [1.165, 1.54) is 24.3 Å². The Labute approximate surface area is 133 Å². The lowest BCUT2D eigenvalue weighted by atomic mass is 10.2. The Bertz CT molecular complexity index is 660. The predicted octanol–water partition coefficient (Wildman–Crippen LogP) is 2.44. The van der Waals surface area contributed by atoms with Crippen LogP contribution in [0.1, 0.15) is 12.0 Å². The summed E-state index contributed by atoms with van der Waals surface area (Å²) in [5.74, 6) is -0.392. The highest BCUT2D eigenvalue weighted by Crippen LogP contribution is 2.16. The molecule has 2 aromatic carbocycles. The van der Waals surface area contributed by atoms with Gasteiger partial charge in [-0.05, 0) is 42.0 Å². The Hall–Kier alpha value is -3.02. The highest BCUT2D eigenvalue weighted by molar-refractivity contribution is 5.92. The maximum absolute atomic E-state index is 11.6. The van der Waals surface area contributed by atoms with E-state index in [0.29, 0.717) is 5.75 Å². The van der Waals surface area contributed by atoms with Gasteiger partial charge in [-0.15, -0.1) is 0 Å². The number of carbonyl (C=O) groups is 2. The Morgan fingerprint density at radius 1 is 0.913 bits per heavy atom. The molecule has 6 heteroatoms. The minimum absolute atomic E-state index is 0.0590. The maximum atomic E-state index is 11.6. The van der Waals surface area contributed by atoms with E-state index in [1.54, 1.807) is 31.4 Å². The average Bonchev–Trinajstić information content (AvgIpc) is 2.55. The molecule has 23 heavy (non-hydrogen) atoms. The number of benzene rings is 2. The molecule has 6 nitrogen and oxygen atoms in total. The van der Waals surface area contributed by atoms with E-state index < -0.39 is 18.4 Å². The quantitative estimate of drug-likeness (QED) is 0.501. The van der Waals surface area contributed by atoms with Gasteiger partial charge in [0.1, 0.15) is 30.3 Å². The van der Waals surface area contributed by atoms with Gasteiger partial charge in [-0.2, -0.15) is 0 Å². The molecule has 0 radical (unpaired) electrons. The highest BCUT2D eigenvalue weighted by atomic mass is 16.6. The number of ether oxygens (including phenoxy) is 3. The van der Waals surface area contributed by atoms with Gasteiger partial charge in [0.2, 0.25) is 0 Å². The molecular weight excluding hydrogens is 300 g/mol. The van der Waals surface area contributed by atoms with Crippen molar-refractivity contribution in [3.05, 3.63) is 54.1 Å². The number of hydrogen-bond acceptors (Lipinski definition) is 6. The van der Waals surface area contributed by atoms with Crippen molar-refractivity contribution in [2.75, 3.05) is 7.11 Å². The third-order valence-corrected chi connectivity index (χ3v) is 2.92. The van der Waals surface area contributed by atoms with Crippen LogP contribution in [0.4, 0.5) is 0 Å². The van der Waals surface area contributed by atoms with Crippen LogP contribution >= 0.6 is 0 Å². The van der Waals surface area contributed by atoms with Crippen LogP contribution in [0, 0.1) is 0 Å². The molecule has 0 aliphatic heterocycles. The zero-order valence-corrected chi connectivity index (χ0v) is 12.5. The van der Waals surface area contributed by atoms with Crippen LogP contribution in [-0.4, -0.2) is 24.2 Å². The van der Waals surface area contributed by atoms with Crippen molar-refractivity contribution in [2.24, 2.45) is 0 Å². The first-order chi connectivity index (χ1) is 11.1. The molecule has 0 aromatic heterocycles. The largest absolute Gasteiger partial charge is 0.508 e. The van der Waals surface area contributed by atoms with Crippen molar-refractivity contribution in [2.45, 2.75) is 13.0 Å². The molecule has 0 fully saturated rings. The molecule has 2 aromatic rings. The van der Waals surface area contributed by atoms with Crippen molar-refractivity contribution in [1.29, 1.82) is 0 Å². The maximum Gasteiger partial charge on any atom is 0.322 e. The SMILES string of the molecule is COc1ccc(COC(=O)CC(=O)Oc2ccc(O)cc2)cc1. The number of carbonyl (C=O) groups excluding carboxylic acids is 2. The topological polar surface area (TPSA) is 82.1 Å². The van der Waals surface area contributed by atoms with Crippen molar-refractivity contribution < 1.29 is 28.9 Å². The van der Waals surface area contributed by atoms with Crippen molar-refractivity contribution in [3.8, 4) is 17.2 Å². The lowest BCUT2D eigenvalue weighted by molar-refractivity contribution is -0.151. The average molecular weight is 316 g/mol. The molecule has 0 unspecified atom stereocenters. The van der Waals surface area contributed by atoms with Crippen LogP contribution in [0.2, 0.25) is 0 Å². The standard InChI is InChI=1S/C17H16O6/c1-21-14-6-2-12(3-7-14)11-22-16(19)10-17(20)23-15-8-4-13(18)5-9-15/h2-9,18H,10-11H2,1H3. The molecular formula is C17H16O6. The van der Waals surface area contributed by atoms with E-state index in [4.69, 9.17) is 19.3 Å². The van der Waals surface area contributed by atoms with Crippen molar-refractivity contribution >= 4 is 11.9 Å². The summed E-state index contributed by atoms with van der Waals surface area (Å²) in [5, 5.41) is 9.12. The molecule has 2 rings (SSSR count). The molecule has 0 atom stereocenters. The lowest BCUT2D eigenvalue weighted by Crippen LogP contribution is -2.16. The summed E-state index contributed by atoms with van der Waals surface area (Å²) in [6.07, 6.45) is -0.489. The number of rotatable bonds is 6. The molecule has 0 aliphatic carbocycles. The monoisotopic (exact) mass is 316 g/mol. The minimum atomic E-state index is -0.726. The molecule has 0 amide bonds. The molecule has 0 aliphatic rings. The van der Waals surface area contributed by atoms with Gasteiger partial charge in [0, 0.05) is 0 Å². The van der Waals surface area contributed by atoms with E-state index in [2.05, 4.69) is 0 Å². The first kappa shape index (κ1) is 16.4. The second kappa shape index (κ2) is 7.84. The fourth-order valence-electron chi connectivity index (χ4n) is 1.74. The Morgan fingerprint density at radius 2 is 1.52 bits per heavy atom. The highest BCUT2D eigenvalue weighted by Gasteiger charge is 2.13. The van der Waals surface area contributed by atoms with Gasteiger partial charge in [-0.25, -0.2) is 0 Å². The van der Waals surface area contributed by atoms with Crippen LogP contribution in [0.25, 0.3) is 0 Å². The number of hydrogen-bond donors (Lipinski definition) is 1. The number of phenols is 1. The first-order valence-corrected chi connectivity index (χ1v) is 6.85. The minimum Gasteiger partial charge on any atom is -0.508 e. The molecule has 0 heterocycles. The van der Waals surface area contributed by atoms with E-state index in [-0.39, 0.29) is 18.1 Å². The number of aromatic hydroxyl groups is 1. The van der Waals surface area contributed by atoms with Crippen LogP contribution < -0.4 is 9.47 Å². The number of phenolic OH excluding ortho intramolecular Hbond substituents is 1. The summed E-state index contributed by atoms with van der Waals surface area (Å²) in [6, 6.07) is 12.6. The number of methoxy groups -OCH3 is 1. The second-order valence-corrected chi connectivity index (χ2v) is 4.65. The molecule has 120 valence electrons. The van der Waals surface area contributed by atoms with E-state index in [1.807, 2.05) is 0 Å². The normalized spacial score (nSPS) is 9.96. The van der Waals surface area contributed by atoms with E-state index >= 15 is 0 Å². The predicted molar refractivity (Wildman–Crippen MR) is 81.1 cm³/mol. The third-order valence-electron chi connectivity index (χ3n) is 2.92. The first-order valence-electron chi connectivity index (χ1n) is 6.85. The molecule has 0 bridgehead atoms. The second-order valence-electron chi connectivity index (χ2n) is 4.65. The number of esters is 2. The zero-order chi connectivity index (χ0) is 16.7. The van der Waals surface area contributed by atoms with Crippen LogP contribution in [0.15, 0.2) is 48.5 Å². The van der Waals surface area contributed by atoms with Crippen LogP contribution in [-0.2, 0) is 20.9 Å². The molecule has 0 spiro atoms. The van der Waals surface area contributed by atoms with Gasteiger partial charge in [-0.1, -0.05) is 12.1 Å². The Morgan fingerprint density at radius 3 is 2.13 bits per heavy atom. The summed E-state index contributed by atoms with van der Waals surface area (Å²) >= 11 is 0. The summed E-state index contributed by atoms with van der Waals surface area (Å²) in [4.78, 5) is 23.2. The van der Waals surface area contributed by atoms with Gasteiger partial charge in [0.15, 0.2) is 0 Å². The van der Waals surface area contributed by atoms with Crippen LogP contribution in [0.3, 0.4) is 0 Å². The summed E-state index contributed by atoms with van der Waals surface area (Å²) in [5.41, 5.74) is 0.783. The van der Waals surface area contributed by atoms with Gasteiger partial charge in [0.05, 0.1) is 7.11 Å². The van der Waals surface area contributed by atoms with E-state index in [9.17, 15) is 9.59 Å². The van der Waals surface area contributed by atoms with Crippen LogP contribution in [0.5, 0.6) is 17.2 Å². The molecule has 0 saturated carbocycles. The Kier molecular flexibility index (Phi) is 5.57. The summed E-state index contributed by atoms with van der Waals surface area (Å²) in [7, 11) is 1.56. The fourth-order valence-corrected chi connectivity index (χ4v) is 1.74. The lowest BCUT2D eigenvalue weighted by Gasteiger charge is -2.06. The van der Waals surface area contributed by atoms with Crippen molar-refractivity contribution in [1.82, 2.24) is 0 Å². The molecule has 0 saturated heterocycles. The zero-order valence-electron chi connectivity index (χ0n) is 12.5. The third kappa shape index (κ3) is 5.35. The van der Waals surface area contributed by atoms with E-state index in [0.717, 1.165) is 5.56 Å². The fraction of sp³-hybridized carbons (Fsp3) is 0.176. The smallest absolute Gasteiger partial charge is 0.322 e. The van der Waals surface area contributed by atoms with Gasteiger partial charge < -0.3 is 19.3 Å². The Balaban J connectivity index is 1.77. The molecule has 1 N–H and O–H groups in total. The van der Waals surface area contributed by atoms with Gasteiger partial charge >= 0.3 is 11.9 Å². The summed E-state index contributed by atoms with van der Waals surface area (Å²) in [6.45, 7) is 0.0648. The van der Waals surface area contributed by atoms with Gasteiger partial charge in [0.25, 0.3) is 0 Å². The van der Waals surface area contributed by atoms with Crippen molar-refractivity contribution in [3.63, 3.8) is 0 Å². The summed E-state index contributed by atoms with van der Waals surface area (Å²) < 4.78 is 15.0.